The first-order chi connectivity index (χ1) is 15.8. The Hall–Kier alpha value is -3.64. The second-order valence-corrected chi connectivity index (χ2v) is 8.15. The minimum absolute atomic E-state index is 0.0190. The molecule has 0 bridgehead atoms. The first kappa shape index (κ1) is 20.3. The quantitative estimate of drug-likeness (QED) is 0.498. The van der Waals surface area contributed by atoms with Crippen LogP contribution in [0.1, 0.15) is 6.42 Å². The van der Waals surface area contributed by atoms with Crippen LogP contribution in [-0.4, -0.2) is 53.5 Å². The Labute approximate surface area is 187 Å². The van der Waals surface area contributed by atoms with Crippen molar-refractivity contribution < 1.29 is 4.79 Å². The molecule has 2 N–H and O–H groups in total. The van der Waals surface area contributed by atoms with Crippen LogP contribution in [0.15, 0.2) is 78.9 Å². The number of hydrogen-bond donors (Lipinski definition) is 2. The Balaban J connectivity index is 1.22. The maximum Gasteiger partial charge on any atom is 0.238 e. The fraction of sp³-hybridized carbons (Fsp3) is 0.231. The van der Waals surface area contributed by atoms with Crippen molar-refractivity contribution in [1.29, 1.82) is 0 Å². The molecule has 162 valence electrons. The lowest BCUT2D eigenvalue weighted by Crippen LogP contribution is -2.36. The number of anilines is 2. The molecule has 1 aliphatic rings. The number of benzene rings is 3. The maximum atomic E-state index is 12.9. The molecular formula is C26H27N5O. The molecule has 1 fully saturated rings. The molecule has 0 aliphatic carbocycles. The van der Waals surface area contributed by atoms with E-state index < -0.39 is 0 Å². The van der Waals surface area contributed by atoms with Crippen molar-refractivity contribution in [3.05, 3.63) is 78.9 Å². The summed E-state index contributed by atoms with van der Waals surface area (Å²) in [5.74, 6) is 0.930. The molecule has 32 heavy (non-hydrogen) atoms. The van der Waals surface area contributed by atoms with E-state index >= 15 is 0 Å². The number of para-hydroxylation sites is 3. The van der Waals surface area contributed by atoms with Gasteiger partial charge < -0.3 is 15.2 Å². The van der Waals surface area contributed by atoms with Crippen molar-refractivity contribution in [2.45, 2.75) is 6.42 Å². The molecule has 1 amide bonds. The summed E-state index contributed by atoms with van der Waals surface area (Å²) >= 11 is 0. The highest BCUT2D eigenvalue weighted by Crippen LogP contribution is 2.27. The number of aromatic amines is 1. The third-order valence-corrected chi connectivity index (χ3v) is 5.92. The van der Waals surface area contributed by atoms with E-state index in [4.69, 9.17) is 4.98 Å². The monoisotopic (exact) mass is 425 g/mol. The summed E-state index contributed by atoms with van der Waals surface area (Å²) in [4.78, 5) is 25.5. The number of hydrogen-bond acceptors (Lipinski definition) is 4. The Morgan fingerprint density at radius 3 is 2.53 bits per heavy atom. The number of nitrogens with zero attached hydrogens (tertiary/aromatic N) is 3. The van der Waals surface area contributed by atoms with E-state index in [1.165, 1.54) is 0 Å². The van der Waals surface area contributed by atoms with Crippen LogP contribution in [0, 0.1) is 0 Å². The molecule has 1 aliphatic heterocycles. The summed E-state index contributed by atoms with van der Waals surface area (Å²) in [5.41, 5.74) is 5.02. The van der Waals surface area contributed by atoms with Crippen LogP contribution in [0.5, 0.6) is 0 Å². The van der Waals surface area contributed by atoms with Gasteiger partial charge >= 0.3 is 0 Å². The van der Waals surface area contributed by atoms with Gasteiger partial charge in [0, 0.05) is 37.4 Å². The van der Waals surface area contributed by atoms with E-state index in [9.17, 15) is 4.79 Å². The minimum atomic E-state index is 0.0190. The number of carbonyl (C=O) groups is 1. The molecule has 0 unspecified atom stereocenters. The van der Waals surface area contributed by atoms with Crippen molar-refractivity contribution in [3.63, 3.8) is 0 Å². The first-order valence-corrected chi connectivity index (χ1v) is 11.1. The summed E-state index contributed by atoms with van der Waals surface area (Å²) in [6.07, 6.45) is 0.991. The number of rotatable bonds is 5. The molecule has 1 aromatic heterocycles. The van der Waals surface area contributed by atoms with Crippen LogP contribution in [0.2, 0.25) is 0 Å². The Morgan fingerprint density at radius 1 is 0.875 bits per heavy atom. The van der Waals surface area contributed by atoms with Crippen molar-refractivity contribution in [3.8, 4) is 11.1 Å². The molecule has 6 nitrogen and oxygen atoms in total. The standard InChI is InChI=1S/C26H27N5O/c32-25(27-22-12-5-4-11-21(22)20-9-2-1-3-10-20)19-30-15-8-16-31(18-17-30)26-28-23-13-6-7-14-24(23)29-26/h1-7,9-14H,8,15-19H2,(H,27,32)(H,28,29). The predicted octanol–water partition coefficient (Wildman–Crippen LogP) is 4.38. The zero-order chi connectivity index (χ0) is 21.8. The predicted molar refractivity (Wildman–Crippen MR) is 130 cm³/mol. The third-order valence-electron chi connectivity index (χ3n) is 5.92. The van der Waals surface area contributed by atoms with Gasteiger partial charge in [0.25, 0.3) is 0 Å². The second-order valence-electron chi connectivity index (χ2n) is 8.15. The van der Waals surface area contributed by atoms with E-state index in [2.05, 4.69) is 32.2 Å². The van der Waals surface area contributed by atoms with Crippen LogP contribution < -0.4 is 10.2 Å². The normalized spacial score (nSPS) is 14.9. The maximum absolute atomic E-state index is 12.9. The van der Waals surface area contributed by atoms with E-state index in [0.717, 1.165) is 66.4 Å². The number of aromatic nitrogens is 2. The number of amides is 1. The van der Waals surface area contributed by atoms with Crippen LogP contribution in [-0.2, 0) is 4.79 Å². The molecule has 4 aromatic rings. The summed E-state index contributed by atoms with van der Waals surface area (Å²) < 4.78 is 0. The highest BCUT2D eigenvalue weighted by molar-refractivity contribution is 5.96. The average Bonchev–Trinajstić information content (AvgIpc) is 3.13. The largest absolute Gasteiger partial charge is 0.341 e. The number of nitrogens with one attached hydrogen (secondary N) is 2. The smallest absolute Gasteiger partial charge is 0.238 e. The molecule has 2 heterocycles. The van der Waals surface area contributed by atoms with Crippen LogP contribution in [0.25, 0.3) is 22.2 Å². The van der Waals surface area contributed by atoms with Gasteiger partial charge in [0.1, 0.15) is 0 Å². The Bertz CT molecular complexity index is 1170. The molecule has 0 radical (unpaired) electrons. The van der Waals surface area contributed by atoms with Crippen LogP contribution in [0.3, 0.4) is 0 Å². The molecule has 0 saturated carbocycles. The zero-order valence-electron chi connectivity index (χ0n) is 18.0. The number of fused-ring (bicyclic) bond motifs is 1. The third kappa shape index (κ3) is 4.50. The minimum Gasteiger partial charge on any atom is -0.341 e. The lowest BCUT2D eigenvalue weighted by molar-refractivity contribution is -0.117. The molecule has 0 spiro atoms. The number of imidazole rings is 1. The van der Waals surface area contributed by atoms with Gasteiger partial charge in [-0.3, -0.25) is 9.69 Å². The van der Waals surface area contributed by atoms with Crippen LogP contribution >= 0.6 is 0 Å². The van der Waals surface area contributed by atoms with Gasteiger partial charge in [0.15, 0.2) is 0 Å². The van der Waals surface area contributed by atoms with E-state index in [-0.39, 0.29) is 5.91 Å². The van der Waals surface area contributed by atoms with Crippen LogP contribution in [0.4, 0.5) is 11.6 Å². The van der Waals surface area contributed by atoms with Crippen molar-refractivity contribution in [1.82, 2.24) is 14.9 Å². The fourth-order valence-corrected chi connectivity index (χ4v) is 4.28. The van der Waals surface area contributed by atoms with E-state index in [1.807, 2.05) is 66.7 Å². The topological polar surface area (TPSA) is 64.3 Å². The first-order valence-electron chi connectivity index (χ1n) is 11.1. The van der Waals surface area contributed by atoms with Gasteiger partial charge in [-0.25, -0.2) is 4.98 Å². The van der Waals surface area contributed by atoms with Gasteiger partial charge in [0.2, 0.25) is 11.9 Å². The SMILES string of the molecule is O=C(CN1CCCN(c2nc3ccccc3[nH]2)CC1)Nc1ccccc1-c1ccccc1. The highest BCUT2D eigenvalue weighted by Gasteiger charge is 2.19. The lowest BCUT2D eigenvalue weighted by Gasteiger charge is -2.21. The van der Waals surface area contributed by atoms with E-state index in [0.29, 0.717) is 6.54 Å². The van der Waals surface area contributed by atoms with Crippen molar-refractivity contribution >= 4 is 28.6 Å². The zero-order valence-corrected chi connectivity index (χ0v) is 18.0. The van der Waals surface area contributed by atoms with Gasteiger partial charge in [-0.2, -0.15) is 0 Å². The molecule has 1 saturated heterocycles. The summed E-state index contributed by atoms with van der Waals surface area (Å²) in [5, 5.41) is 3.12. The molecule has 5 rings (SSSR count). The lowest BCUT2D eigenvalue weighted by atomic mass is 10.0. The van der Waals surface area contributed by atoms with E-state index in [1.54, 1.807) is 0 Å². The van der Waals surface area contributed by atoms with Gasteiger partial charge in [-0.05, 0) is 30.2 Å². The van der Waals surface area contributed by atoms with Gasteiger partial charge in [-0.15, -0.1) is 0 Å². The van der Waals surface area contributed by atoms with Crippen molar-refractivity contribution in [2.75, 3.05) is 42.9 Å². The molecule has 6 heteroatoms. The summed E-state index contributed by atoms with van der Waals surface area (Å²) in [6.45, 7) is 3.87. The summed E-state index contributed by atoms with van der Waals surface area (Å²) in [7, 11) is 0. The fourth-order valence-electron chi connectivity index (χ4n) is 4.28. The number of H-pyrrole nitrogens is 1. The van der Waals surface area contributed by atoms with Crippen molar-refractivity contribution in [2.24, 2.45) is 0 Å². The Kier molecular flexibility index (Phi) is 5.85. The molecule has 3 aromatic carbocycles. The summed E-state index contributed by atoms with van der Waals surface area (Å²) in [6, 6.07) is 26.2. The average molecular weight is 426 g/mol. The van der Waals surface area contributed by atoms with Gasteiger partial charge in [0.05, 0.1) is 17.6 Å². The highest BCUT2D eigenvalue weighted by atomic mass is 16.2. The second kappa shape index (κ2) is 9.24. The Morgan fingerprint density at radius 2 is 1.66 bits per heavy atom. The molecule has 0 atom stereocenters. The molecular weight excluding hydrogens is 398 g/mol. The van der Waals surface area contributed by atoms with Gasteiger partial charge in [-0.1, -0.05) is 60.7 Å². The number of carbonyl (C=O) groups excluding carboxylic acids is 1.